The number of benzene rings is 2. The number of pyridine rings is 1. The van der Waals surface area contributed by atoms with Gasteiger partial charge in [0, 0.05) is 37.3 Å². The molecule has 0 aliphatic carbocycles. The highest BCUT2D eigenvalue weighted by Crippen LogP contribution is 2.26. The van der Waals surface area contributed by atoms with Crippen molar-refractivity contribution in [2.24, 2.45) is 0 Å². The lowest BCUT2D eigenvalue weighted by Gasteiger charge is -2.21. The number of para-hydroxylation sites is 1. The average Bonchev–Trinajstić information content (AvgIpc) is 3.32. The number of aromatic nitrogens is 1. The number of hydrogen-bond acceptors (Lipinski definition) is 4. The first kappa shape index (κ1) is 20.4. The van der Waals surface area contributed by atoms with Gasteiger partial charge in [-0.05, 0) is 54.3 Å². The number of anilines is 1. The van der Waals surface area contributed by atoms with Gasteiger partial charge in [-0.1, -0.05) is 30.3 Å². The van der Waals surface area contributed by atoms with Crippen molar-refractivity contribution in [3.05, 3.63) is 89.4 Å². The van der Waals surface area contributed by atoms with Crippen LogP contribution in [0.2, 0.25) is 0 Å². The van der Waals surface area contributed by atoms with Crippen molar-refractivity contribution in [3.8, 4) is 0 Å². The normalized spacial score (nSPS) is 13.4. The minimum absolute atomic E-state index is 0.138. The molecule has 1 amide bonds. The fraction of sp³-hybridized carbons (Fsp3) is 0.250. The molecule has 0 radical (unpaired) electrons. The highest BCUT2D eigenvalue weighted by atomic mass is 32.2. The summed E-state index contributed by atoms with van der Waals surface area (Å²) in [7, 11) is 0. The number of carbonyl (C=O) groups excluding carboxylic acids is 1. The number of nitrogens with one attached hydrogen (secondary N) is 1. The van der Waals surface area contributed by atoms with E-state index in [1.807, 2.05) is 12.1 Å². The van der Waals surface area contributed by atoms with Crippen LogP contribution in [0, 0.1) is 5.82 Å². The number of halogens is 1. The van der Waals surface area contributed by atoms with Crippen molar-refractivity contribution >= 4 is 23.4 Å². The molecule has 4 nitrogen and oxygen atoms in total. The first-order valence-electron chi connectivity index (χ1n) is 10.1. The van der Waals surface area contributed by atoms with Gasteiger partial charge in [0.15, 0.2) is 0 Å². The van der Waals surface area contributed by atoms with Crippen LogP contribution < -0.4 is 10.2 Å². The molecule has 3 aromatic rings. The van der Waals surface area contributed by atoms with Crippen molar-refractivity contribution in [2.45, 2.75) is 30.2 Å². The molecule has 4 rings (SSSR count). The van der Waals surface area contributed by atoms with Gasteiger partial charge in [0.2, 0.25) is 0 Å². The van der Waals surface area contributed by atoms with Crippen molar-refractivity contribution < 1.29 is 9.18 Å². The molecular formula is C24H24FN3OS. The lowest BCUT2D eigenvalue weighted by atomic mass is 10.1. The number of hydrogen-bond donors (Lipinski definition) is 1. The third kappa shape index (κ3) is 5.00. The molecular weight excluding hydrogens is 397 g/mol. The second kappa shape index (κ2) is 9.76. The second-order valence-electron chi connectivity index (χ2n) is 7.28. The zero-order chi connectivity index (χ0) is 20.8. The van der Waals surface area contributed by atoms with Gasteiger partial charge < -0.3 is 10.2 Å². The van der Waals surface area contributed by atoms with E-state index in [4.69, 9.17) is 0 Å². The Hall–Kier alpha value is -2.86. The van der Waals surface area contributed by atoms with Gasteiger partial charge in [0.1, 0.15) is 10.8 Å². The summed E-state index contributed by atoms with van der Waals surface area (Å²) in [6, 6.07) is 18.2. The number of carbonyl (C=O) groups is 1. The van der Waals surface area contributed by atoms with Crippen LogP contribution in [-0.2, 0) is 12.3 Å². The Morgan fingerprint density at radius 2 is 1.80 bits per heavy atom. The van der Waals surface area contributed by atoms with Crippen LogP contribution >= 0.6 is 11.8 Å². The summed E-state index contributed by atoms with van der Waals surface area (Å²) in [6.07, 6.45) is 4.11. The largest absolute Gasteiger partial charge is 0.371 e. The van der Waals surface area contributed by atoms with Gasteiger partial charge in [-0.15, -0.1) is 11.8 Å². The first-order valence-corrected chi connectivity index (χ1v) is 11.1. The molecule has 1 fully saturated rings. The molecule has 0 spiro atoms. The molecule has 0 atom stereocenters. The van der Waals surface area contributed by atoms with Crippen LogP contribution in [-0.4, -0.2) is 24.0 Å². The molecule has 2 aromatic carbocycles. The van der Waals surface area contributed by atoms with Crippen molar-refractivity contribution in [2.75, 3.05) is 18.0 Å². The summed E-state index contributed by atoms with van der Waals surface area (Å²) in [6.45, 7) is 2.61. The predicted octanol–water partition coefficient (Wildman–Crippen LogP) is 5.04. The topological polar surface area (TPSA) is 45.2 Å². The van der Waals surface area contributed by atoms with E-state index >= 15 is 0 Å². The van der Waals surface area contributed by atoms with E-state index in [0.29, 0.717) is 22.9 Å². The van der Waals surface area contributed by atoms with Gasteiger partial charge >= 0.3 is 0 Å². The van der Waals surface area contributed by atoms with Gasteiger partial charge in [0.05, 0.1) is 5.56 Å². The smallest absolute Gasteiger partial charge is 0.254 e. The standard InChI is InChI=1S/C24H24FN3OS/c25-20-11-9-18(10-12-20)17-30-24-21(7-5-13-26-24)23(29)27-16-19-6-1-2-8-22(19)28-14-3-4-15-28/h1-2,5-13H,3-4,14-17H2,(H,27,29). The molecule has 1 aromatic heterocycles. The SMILES string of the molecule is O=C(NCc1ccccc1N1CCCC1)c1cccnc1SCc1ccc(F)cc1. The van der Waals surface area contributed by atoms with Crippen LogP contribution in [0.15, 0.2) is 71.9 Å². The first-order chi connectivity index (χ1) is 14.7. The van der Waals surface area contributed by atoms with E-state index in [1.54, 1.807) is 30.5 Å². The Morgan fingerprint density at radius 3 is 2.60 bits per heavy atom. The molecule has 30 heavy (non-hydrogen) atoms. The van der Waals surface area contributed by atoms with E-state index in [9.17, 15) is 9.18 Å². The van der Waals surface area contributed by atoms with E-state index in [0.717, 1.165) is 24.2 Å². The molecule has 2 heterocycles. The third-order valence-electron chi connectivity index (χ3n) is 5.18. The monoisotopic (exact) mass is 421 g/mol. The van der Waals surface area contributed by atoms with Gasteiger partial charge in [0.25, 0.3) is 5.91 Å². The summed E-state index contributed by atoms with van der Waals surface area (Å²) in [5.41, 5.74) is 3.87. The average molecular weight is 422 g/mol. The van der Waals surface area contributed by atoms with Gasteiger partial charge in [-0.3, -0.25) is 4.79 Å². The zero-order valence-electron chi connectivity index (χ0n) is 16.7. The summed E-state index contributed by atoms with van der Waals surface area (Å²) in [4.78, 5) is 19.7. The Kier molecular flexibility index (Phi) is 6.64. The van der Waals surface area contributed by atoms with E-state index < -0.39 is 0 Å². The summed E-state index contributed by atoms with van der Waals surface area (Å²) >= 11 is 1.48. The lowest BCUT2D eigenvalue weighted by molar-refractivity contribution is 0.0947. The number of amides is 1. The van der Waals surface area contributed by atoms with E-state index in [-0.39, 0.29) is 11.7 Å². The fourth-order valence-corrected chi connectivity index (χ4v) is 4.56. The van der Waals surface area contributed by atoms with Crippen LogP contribution in [0.1, 0.15) is 34.3 Å². The summed E-state index contributed by atoms with van der Waals surface area (Å²) in [5, 5.41) is 3.73. The maximum atomic E-state index is 13.1. The van der Waals surface area contributed by atoms with Crippen molar-refractivity contribution in [1.82, 2.24) is 10.3 Å². The highest BCUT2D eigenvalue weighted by Gasteiger charge is 2.17. The maximum absolute atomic E-state index is 13.1. The number of rotatable bonds is 7. The lowest BCUT2D eigenvalue weighted by Crippen LogP contribution is -2.26. The fourth-order valence-electron chi connectivity index (χ4n) is 3.61. The Bertz CT molecular complexity index is 1000. The Labute approximate surface area is 180 Å². The van der Waals surface area contributed by atoms with Crippen LogP contribution in [0.5, 0.6) is 0 Å². The van der Waals surface area contributed by atoms with Crippen LogP contribution in [0.3, 0.4) is 0 Å². The molecule has 1 saturated heterocycles. The summed E-state index contributed by atoms with van der Waals surface area (Å²) in [5.74, 6) is 0.229. The Balaban J connectivity index is 1.42. The molecule has 1 aliphatic heterocycles. The third-order valence-corrected chi connectivity index (χ3v) is 6.26. The number of thioether (sulfide) groups is 1. The molecule has 0 saturated carbocycles. The summed E-state index contributed by atoms with van der Waals surface area (Å²) < 4.78 is 13.1. The number of nitrogens with zero attached hydrogens (tertiary/aromatic N) is 2. The second-order valence-corrected chi connectivity index (χ2v) is 8.24. The van der Waals surface area contributed by atoms with Crippen LogP contribution in [0.4, 0.5) is 10.1 Å². The molecule has 1 N–H and O–H groups in total. The van der Waals surface area contributed by atoms with Crippen LogP contribution in [0.25, 0.3) is 0 Å². The van der Waals surface area contributed by atoms with Crippen molar-refractivity contribution in [1.29, 1.82) is 0 Å². The molecule has 1 aliphatic rings. The predicted molar refractivity (Wildman–Crippen MR) is 119 cm³/mol. The van der Waals surface area contributed by atoms with Gasteiger partial charge in [-0.25, -0.2) is 9.37 Å². The van der Waals surface area contributed by atoms with Gasteiger partial charge in [-0.2, -0.15) is 0 Å². The minimum atomic E-state index is -0.254. The maximum Gasteiger partial charge on any atom is 0.254 e. The van der Waals surface area contributed by atoms with Crippen molar-refractivity contribution in [3.63, 3.8) is 0 Å². The molecule has 154 valence electrons. The highest BCUT2D eigenvalue weighted by molar-refractivity contribution is 7.98. The molecule has 0 unspecified atom stereocenters. The molecule has 6 heteroatoms. The Morgan fingerprint density at radius 1 is 1.03 bits per heavy atom. The van der Waals surface area contributed by atoms with E-state index in [1.165, 1.54) is 42.4 Å². The molecule has 0 bridgehead atoms. The quantitative estimate of drug-likeness (QED) is 0.543. The van der Waals surface area contributed by atoms with E-state index in [2.05, 4.69) is 27.3 Å². The minimum Gasteiger partial charge on any atom is -0.371 e. The zero-order valence-corrected chi connectivity index (χ0v) is 17.5.